The number of nitrogens with two attached hydrogens (primary N) is 2. The molecule has 4 heteroatoms. The lowest BCUT2D eigenvalue weighted by atomic mass is 9.92. The molecule has 1 aromatic rings. The van der Waals surface area contributed by atoms with E-state index in [-0.39, 0.29) is 0 Å². The van der Waals surface area contributed by atoms with Crippen LogP contribution in [0.15, 0.2) is 42.5 Å². The predicted octanol–water partition coefficient (Wildman–Crippen LogP) is 5.45. The summed E-state index contributed by atoms with van der Waals surface area (Å²) in [6.45, 7) is 12.3. The van der Waals surface area contributed by atoms with E-state index >= 15 is 0 Å². The second kappa shape index (κ2) is 39.5. The summed E-state index contributed by atoms with van der Waals surface area (Å²) in [4.78, 5) is 11.9. The number of rotatable bonds is 6. The summed E-state index contributed by atoms with van der Waals surface area (Å²) in [5.74, 6) is 0.792. The number of carbonyl (C=O) groups excluding carboxylic acids is 1. The average molecular weight is 576 g/mol. The number of likely N-dealkylation sites (tertiary alicyclic amines) is 1. The molecule has 2 fully saturated rings. The summed E-state index contributed by atoms with van der Waals surface area (Å²) < 4.78 is 0. The predicted molar refractivity (Wildman–Crippen MR) is 186 cm³/mol. The third-order valence-corrected chi connectivity index (χ3v) is 6.46. The maximum Gasteiger partial charge on any atom is 0.209 e. The first-order chi connectivity index (χ1) is 20.7. The lowest BCUT2D eigenvalue weighted by Crippen LogP contribution is -2.81. The van der Waals surface area contributed by atoms with Crippen LogP contribution in [0.2, 0.25) is 0 Å². The molecule has 232 valence electrons. The molecule has 2 saturated heterocycles. The maximum atomic E-state index is 10.1. The van der Waals surface area contributed by atoms with Gasteiger partial charge in [-0.25, -0.2) is 0 Å². The minimum atomic E-state index is 0.792. The highest BCUT2D eigenvalue weighted by molar-refractivity contribution is 5.46. The molecular formula is C38H61N3O+2. The molecule has 3 aliphatic rings. The van der Waals surface area contributed by atoms with Crippen molar-refractivity contribution in [3.63, 3.8) is 0 Å². The van der Waals surface area contributed by atoms with Gasteiger partial charge in [0.1, 0.15) is 6.54 Å². The van der Waals surface area contributed by atoms with E-state index < -0.39 is 0 Å². The number of terminal acetylenes is 4. The lowest BCUT2D eigenvalue weighted by molar-refractivity contribution is -0.643. The van der Waals surface area contributed by atoms with Gasteiger partial charge in [-0.15, -0.1) is 51.4 Å². The van der Waals surface area contributed by atoms with E-state index in [9.17, 15) is 4.79 Å². The van der Waals surface area contributed by atoms with Crippen molar-refractivity contribution in [2.24, 2.45) is 0 Å². The Morgan fingerprint density at radius 2 is 1.45 bits per heavy atom. The highest BCUT2D eigenvalue weighted by Crippen LogP contribution is 2.24. The summed E-state index contributed by atoms with van der Waals surface area (Å²) in [7, 11) is 2.15. The Morgan fingerprint density at radius 1 is 0.905 bits per heavy atom. The van der Waals surface area contributed by atoms with Crippen molar-refractivity contribution in [2.75, 3.05) is 33.2 Å². The van der Waals surface area contributed by atoms with Gasteiger partial charge >= 0.3 is 0 Å². The van der Waals surface area contributed by atoms with Gasteiger partial charge in [0.15, 0.2) is 0 Å². The molecule has 0 bridgehead atoms. The van der Waals surface area contributed by atoms with Gasteiger partial charge in [0, 0.05) is 31.0 Å². The molecule has 4 N–H and O–H groups in total. The molecule has 1 amide bonds. The number of hydrogen-bond acceptors (Lipinski definition) is 1. The standard InChI is InChI=1S/C13H20N2.C6H11NO.C6H8.C5H12.4C2H2/c1-10-3-4-13(11-5-6-15-9-11)12(7-10)8-14-2;8-6-7-4-2-1-3-5-7;1-2-4-6-5-3-1;1-3-5-4-2;4*1-2/h3-4,7,11,14-15H,5-6,8-9H2,1-2H3;6H,1-5H2;1-4H,5-6H2;3-5H2,1-2H3;4*1-2H/p+2/t11-;;;;;;;/m0......./s1. The molecule has 1 aliphatic carbocycles. The number of aryl methyl sites for hydroxylation is 1. The Bertz CT molecular complexity index is 810. The second-order valence-corrected chi connectivity index (χ2v) is 9.60. The molecule has 42 heavy (non-hydrogen) atoms. The van der Waals surface area contributed by atoms with Gasteiger partial charge in [-0.3, -0.25) is 4.79 Å². The van der Waals surface area contributed by atoms with Crippen LogP contribution in [0, 0.1) is 58.3 Å². The molecule has 0 saturated carbocycles. The smallest absolute Gasteiger partial charge is 0.209 e. The van der Waals surface area contributed by atoms with E-state index in [0.717, 1.165) is 32.0 Å². The Hall–Kier alpha value is -3.67. The number of amides is 1. The fourth-order valence-electron chi connectivity index (χ4n) is 4.49. The van der Waals surface area contributed by atoms with Crippen LogP contribution in [0.5, 0.6) is 0 Å². The average Bonchev–Trinajstić information content (AvgIpc) is 3.63. The third kappa shape index (κ3) is 26.5. The van der Waals surface area contributed by atoms with E-state index in [0.29, 0.717) is 0 Å². The monoisotopic (exact) mass is 575 g/mol. The third-order valence-electron chi connectivity index (χ3n) is 6.46. The van der Waals surface area contributed by atoms with Gasteiger partial charge in [0.2, 0.25) is 6.41 Å². The number of quaternary nitrogens is 2. The molecule has 4 nitrogen and oxygen atoms in total. The Kier molecular flexibility index (Phi) is 42.6. The number of unbranched alkanes of at least 4 members (excludes halogenated alkanes) is 2. The molecule has 4 rings (SSSR count). The van der Waals surface area contributed by atoms with E-state index in [4.69, 9.17) is 0 Å². The molecule has 0 radical (unpaired) electrons. The first-order valence-electron chi connectivity index (χ1n) is 15.2. The summed E-state index contributed by atoms with van der Waals surface area (Å²) in [6, 6.07) is 6.96. The zero-order valence-electron chi connectivity index (χ0n) is 27.2. The molecular weight excluding hydrogens is 514 g/mol. The first kappa shape index (κ1) is 45.3. The second-order valence-electron chi connectivity index (χ2n) is 9.60. The number of carbonyl (C=O) groups is 1. The van der Waals surface area contributed by atoms with Crippen LogP contribution in [0.3, 0.4) is 0 Å². The molecule has 2 aliphatic heterocycles. The summed E-state index contributed by atoms with van der Waals surface area (Å²) in [5.41, 5.74) is 4.52. The normalized spacial score (nSPS) is 15.2. The number of hydrogen-bond donors (Lipinski definition) is 2. The molecule has 2 heterocycles. The first-order valence-corrected chi connectivity index (χ1v) is 15.2. The van der Waals surface area contributed by atoms with Crippen molar-refractivity contribution in [1.82, 2.24) is 4.90 Å². The number of nitrogens with zero attached hydrogens (tertiary/aromatic N) is 1. The Morgan fingerprint density at radius 3 is 1.79 bits per heavy atom. The highest BCUT2D eigenvalue weighted by atomic mass is 16.1. The minimum absolute atomic E-state index is 0.792. The summed E-state index contributed by atoms with van der Waals surface area (Å²) >= 11 is 0. The van der Waals surface area contributed by atoms with E-state index in [2.05, 4.69) is 132 Å². The summed E-state index contributed by atoms with van der Waals surface area (Å²) in [6.07, 6.45) is 53.0. The van der Waals surface area contributed by atoms with Gasteiger partial charge in [-0.05, 0) is 44.6 Å². The van der Waals surface area contributed by atoms with Crippen molar-refractivity contribution in [2.45, 2.75) is 91.0 Å². The van der Waals surface area contributed by atoms with Crippen LogP contribution in [0.25, 0.3) is 0 Å². The van der Waals surface area contributed by atoms with Crippen LogP contribution in [-0.4, -0.2) is 44.5 Å². The van der Waals surface area contributed by atoms with Crippen molar-refractivity contribution >= 4 is 6.41 Å². The van der Waals surface area contributed by atoms with Gasteiger partial charge in [0.25, 0.3) is 0 Å². The van der Waals surface area contributed by atoms with Gasteiger partial charge in [0.05, 0.1) is 20.1 Å². The fourth-order valence-corrected chi connectivity index (χ4v) is 4.49. The van der Waals surface area contributed by atoms with Gasteiger partial charge in [-0.1, -0.05) is 81.2 Å². The van der Waals surface area contributed by atoms with Crippen molar-refractivity contribution in [3.05, 3.63) is 59.2 Å². The molecule has 1 aromatic carbocycles. The quantitative estimate of drug-likeness (QED) is 0.344. The van der Waals surface area contributed by atoms with E-state index in [1.807, 2.05) is 4.90 Å². The van der Waals surface area contributed by atoms with Crippen LogP contribution in [0.1, 0.15) is 94.2 Å². The van der Waals surface area contributed by atoms with Crippen molar-refractivity contribution in [3.8, 4) is 51.4 Å². The minimum Gasteiger partial charge on any atom is -0.346 e. The fraction of sp³-hybridized carbons (Fsp3) is 0.500. The van der Waals surface area contributed by atoms with Gasteiger partial charge < -0.3 is 15.5 Å². The maximum absolute atomic E-state index is 10.1. The molecule has 0 aromatic heterocycles. The Balaban J connectivity index is -0.000000229. The van der Waals surface area contributed by atoms with Crippen LogP contribution in [0.4, 0.5) is 0 Å². The molecule has 0 spiro atoms. The Labute approximate surface area is 261 Å². The topological polar surface area (TPSA) is 53.5 Å². The van der Waals surface area contributed by atoms with Crippen molar-refractivity contribution < 1.29 is 15.4 Å². The number of benzene rings is 1. The largest absolute Gasteiger partial charge is 0.346 e. The summed E-state index contributed by atoms with van der Waals surface area (Å²) in [5, 5.41) is 4.70. The zero-order valence-corrected chi connectivity index (χ0v) is 27.2. The van der Waals surface area contributed by atoms with Crippen LogP contribution < -0.4 is 10.6 Å². The van der Waals surface area contributed by atoms with Crippen molar-refractivity contribution in [1.29, 1.82) is 0 Å². The van der Waals surface area contributed by atoms with E-state index in [1.165, 1.54) is 82.0 Å². The van der Waals surface area contributed by atoms with E-state index in [1.54, 1.807) is 5.56 Å². The number of allylic oxidation sites excluding steroid dienone is 4. The van der Waals surface area contributed by atoms with Gasteiger partial charge in [-0.2, -0.15) is 0 Å². The molecule has 0 unspecified atom stereocenters. The highest BCUT2D eigenvalue weighted by Gasteiger charge is 2.22. The lowest BCUT2D eigenvalue weighted by Gasteiger charge is -2.21. The van der Waals surface area contributed by atoms with Crippen LogP contribution in [-0.2, 0) is 11.3 Å². The SMILES string of the molecule is C#C.C#C.C#C.C#C.C1=CCCC=C1.CCCCC.C[NH2+]Cc1cc(C)ccc1[C@H]1CC[NH2+]C1.O=CN1CCCCC1. The zero-order chi connectivity index (χ0) is 32.9. The molecule has 1 atom stereocenters. The van der Waals surface area contributed by atoms with Crippen LogP contribution >= 0.6 is 0 Å². The number of piperidine rings is 1.